The van der Waals surface area contributed by atoms with Gasteiger partial charge in [-0.25, -0.2) is 9.18 Å². The van der Waals surface area contributed by atoms with Crippen molar-refractivity contribution in [3.8, 4) is 0 Å². The fraction of sp³-hybridized carbons (Fsp3) is 0.364. The van der Waals surface area contributed by atoms with Crippen LogP contribution in [0.4, 0.5) is 4.39 Å². The van der Waals surface area contributed by atoms with Gasteiger partial charge in [-0.05, 0) is 37.1 Å². The second-order valence-electron chi connectivity index (χ2n) is 3.69. The number of rotatable bonds is 2. The van der Waals surface area contributed by atoms with Gasteiger partial charge in [0, 0.05) is 6.04 Å². The van der Waals surface area contributed by atoms with Gasteiger partial charge in [0.25, 0.3) is 0 Å². The van der Waals surface area contributed by atoms with Gasteiger partial charge >= 0.3 is 5.97 Å². The summed E-state index contributed by atoms with van der Waals surface area (Å²) >= 11 is 0. The maximum Gasteiger partial charge on any atom is 0.338 e. The zero-order valence-electron chi connectivity index (χ0n) is 8.16. The Morgan fingerprint density at radius 1 is 1.53 bits per heavy atom. The lowest BCUT2D eigenvalue weighted by Gasteiger charge is -2.10. The molecule has 0 unspecified atom stereocenters. The molecule has 80 valence electrons. The first-order chi connectivity index (χ1) is 7.18. The number of nitrogens with one attached hydrogen (secondary N) is 1. The molecule has 2 rings (SSSR count). The summed E-state index contributed by atoms with van der Waals surface area (Å²) in [5, 5.41) is 11.9. The lowest BCUT2D eigenvalue weighted by Crippen LogP contribution is -2.13. The first-order valence-electron chi connectivity index (χ1n) is 4.94. The van der Waals surface area contributed by atoms with Crippen LogP contribution in [0.3, 0.4) is 0 Å². The van der Waals surface area contributed by atoms with Gasteiger partial charge in [0.1, 0.15) is 5.82 Å². The van der Waals surface area contributed by atoms with Gasteiger partial charge in [-0.15, -0.1) is 0 Å². The summed E-state index contributed by atoms with van der Waals surface area (Å²) in [6.07, 6.45) is 2.05. The zero-order chi connectivity index (χ0) is 10.8. The highest BCUT2D eigenvalue weighted by molar-refractivity contribution is 5.87. The molecule has 0 bridgehead atoms. The number of carbonyl (C=O) groups is 1. The monoisotopic (exact) mass is 209 g/mol. The van der Waals surface area contributed by atoms with Crippen LogP contribution in [0.2, 0.25) is 0 Å². The second-order valence-corrected chi connectivity index (χ2v) is 3.69. The molecule has 3 nitrogen and oxygen atoms in total. The van der Waals surface area contributed by atoms with E-state index in [-0.39, 0.29) is 11.6 Å². The molecule has 0 spiro atoms. The van der Waals surface area contributed by atoms with Crippen molar-refractivity contribution in [1.82, 2.24) is 5.32 Å². The first kappa shape index (κ1) is 10.1. The van der Waals surface area contributed by atoms with Crippen molar-refractivity contribution in [3.63, 3.8) is 0 Å². The van der Waals surface area contributed by atoms with E-state index < -0.39 is 11.8 Å². The molecule has 0 saturated carbocycles. The van der Waals surface area contributed by atoms with E-state index >= 15 is 0 Å². The van der Waals surface area contributed by atoms with Crippen LogP contribution in [0, 0.1) is 5.82 Å². The lowest BCUT2D eigenvalue weighted by molar-refractivity contribution is 0.0692. The molecule has 4 heteroatoms. The van der Waals surface area contributed by atoms with E-state index in [1.807, 2.05) is 0 Å². The molecule has 1 saturated heterocycles. The topological polar surface area (TPSA) is 49.3 Å². The van der Waals surface area contributed by atoms with E-state index in [2.05, 4.69) is 5.32 Å². The molecular formula is C11H12FNO2. The van der Waals surface area contributed by atoms with E-state index in [1.54, 1.807) is 6.07 Å². The fourth-order valence-electron chi connectivity index (χ4n) is 1.89. The van der Waals surface area contributed by atoms with Gasteiger partial charge in [-0.2, -0.15) is 0 Å². The normalized spacial score (nSPS) is 20.5. The maximum absolute atomic E-state index is 13.3. The average molecular weight is 209 g/mol. The Bertz CT molecular complexity index is 386. The summed E-state index contributed by atoms with van der Waals surface area (Å²) in [4.78, 5) is 10.6. The van der Waals surface area contributed by atoms with Gasteiger partial charge in [-0.1, -0.05) is 6.07 Å². The number of carboxylic acid groups (broad SMARTS) is 1. The molecular weight excluding hydrogens is 197 g/mol. The van der Waals surface area contributed by atoms with Crippen LogP contribution >= 0.6 is 0 Å². The molecule has 15 heavy (non-hydrogen) atoms. The van der Waals surface area contributed by atoms with E-state index in [9.17, 15) is 9.18 Å². The first-order valence-corrected chi connectivity index (χ1v) is 4.94. The van der Waals surface area contributed by atoms with Crippen LogP contribution in [0.1, 0.15) is 34.8 Å². The average Bonchev–Trinajstić information content (AvgIpc) is 2.69. The number of hydrogen-bond acceptors (Lipinski definition) is 2. The fourth-order valence-corrected chi connectivity index (χ4v) is 1.89. The molecule has 0 radical (unpaired) electrons. The predicted molar refractivity (Wildman–Crippen MR) is 53.3 cm³/mol. The third kappa shape index (κ3) is 1.99. The predicted octanol–water partition coefficient (Wildman–Crippen LogP) is 1.95. The minimum atomic E-state index is -1.22. The smallest absolute Gasteiger partial charge is 0.338 e. The molecule has 1 atom stereocenters. The Balaban J connectivity index is 2.28. The van der Waals surface area contributed by atoms with Gasteiger partial charge < -0.3 is 10.4 Å². The van der Waals surface area contributed by atoms with Crippen LogP contribution in [-0.4, -0.2) is 17.6 Å². The molecule has 1 heterocycles. The molecule has 1 aliphatic rings. The minimum absolute atomic E-state index is 0.169. The van der Waals surface area contributed by atoms with Crippen molar-refractivity contribution in [3.05, 3.63) is 35.1 Å². The van der Waals surface area contributed by atoms with E-state index in [0.29, 0.717) is 0 Å². The van der Waals surface area contributed by atoms with Crippen molar-refractivity contribution in [2.24, 2.45) is 0 Å². The summed E-state index contributed by atoms with van der Waals surface area (Å²) in [6, 6.07) is 4.48. The quantitative estimate of drug-likeness (QED) is 0.782. The van der Waals surface area contributed by atoms with E-state index in [0.717, 1.165) is 24.9 Å². The number of halogens is 1. The molecule has 1 aliphatic heterocycles. The van der Waals surface area contributed by atoms with E-state index in [4.69, 9.17) is 5.11 Å². The molecule has 0 aliphatic carbocycles. The molecule has 0 amide bonds. The SMILES string of the molecule is O=C(O)c1ccc([C@@H]2CCCN2)cc1F. The third-order valence-corrected chi connectivity index (χ3v) is 2.69. The molecule has 1 aromatic rings. The van der Waals surface area contributed by atoms with Crippen LogP contribution in [-0.2, 0) is 0 Å². The summed E-state index contributed by atoms with van der Waals surface area (Å²) in [6.45, 7) is 0.937. The van der Waals surface area contributed by atoms with Crippen molar-refractivity contribution >= 4 is 5.97 Å². The minimum Gasteiger partial charge on any atom is -0.478 e. The van der Waals surface area contributed by atoms with E-state index in [1.165, 1.54) is 12.1 Å². The summed E-state index contributed by atoms with van der Waals surface area (Å²) in [7, 11) is 0. The molecule has 1 fully saturated rings. The lowest BCUT2D eigenvalue weighted by atomic mass is 10.0. The van der Waals surface area contributed by atoms with Crippen LogP contribution < -0.4 is 5.32 Å². The Morgan fingerprint density at radius 2 is 2.33 bits per heavy atom. The summed E-state index contributed by atoms with van der Waals surface area (Å²) in [5.41, 5.74) is 0.562. The summed E-state index contributed by atoms with van der Waals surface area (Å²) < 4.78 is 13.3. The Kier molecular flexibility index (Phi) is 2.68. The van der Waals surface area contributed by atoms with Crippen molar-refractivity contribution in [2.45, 2.75) is 18.9 Å². The van der Waals surface area contributed by atoms with Crippen LogP contribution in [0.25, 0.3) is 0 Å². The number of aromatic carboxylic acids is 1. The Labute approximate surface area is 86.9 Å². The number of hydrogen-bond donors (Lipinski definition) is 2. The third-order valence-electron chi connectivity index (χ3n) is 2.69. The highest BCUT2D eigenvalue weighted by Gasteiger charge is 2.18. The molecule has 2 N–H and O–H groups in total. The van der Waals surface area contributed by atoms with Crippen molar-refractivity contribution in [2.75, 3.05) is 6.54 Å². The Hall–Kier alpha value is -1.42. The molecule has 1 aromatic carbocycles. The van der Waals surface area contributed by atoms with Crippen molar-refractivity contribution < 1.29 is 14.3 Å². The largest absolute Gasteiger partial charge is 0.478 e. The summed E-state index contributed by atoms with van der Waals surface area (Å²) in [5.74, 6) is -1.88. The van der Waals surface area contributed by atoms with Gasteiger partial charge in [0.15, 0.2) is 0 Å². The molecule has 0 aromatic heterocycles. The number of benzene rings is 1. The van der Waals surface area contributed by atoms with Gasteiger partial charge in [-0.3, -0.25) is 0 Å². The van der Waals surface area contributed by atoms with Crippen LogP contribution in [0.5, 0.6) is 0 Å². The zero-order valence-corrected chi connectivity index (χ0v) is 8.16. The van der Waals surface area contributed by atoms with Crippen molar-refractivity contribution in [1.29, 1.82) is 0 Å². The maximum atomic E-state index is 13.3. The van der Waals surface area contributed by atoms with Crippen LogP contribution in [0.15, 0.2) is 18.2 Å². The van der Waals surface area contributed by atoms with Gasteiger partial charge in [0.2, 0.25) is 0 Å². The Morgan fingerprint density at radius 3 is 2.87 bits per heavy atom. The standard InChI is InChI=1S/C11H12FNO2/c12-9-6-7(10-2-1-5-13-10)3-4-8(9)11(14)15/h3-4,6,10,13H,1-2,5H2,(H,14,15)/t10-/m0/s1. The van der Waals surface area contributed by atoms with Gasteiger partial charge in [0.05, 0.1) is 5.56 Å². The second kappa shape index (κ2) is 3.98. The number of carboxylic acids is 1. The highest BCUT2D eigenvalue weighted by Crippen LogP contribution is 2.24. The highest BCUT2D eigenvalue weighted by atomic mass is 19.1.